The highest BCUT2D eigenvalue weighted by molar-refractivity contribution is 7.89. The van der Waals surface area contributed by atoms with Gasteiger partial charge in [-0.05, 0) is 72.3 Å². The van der Waals surface area contributed by atoms with Crippen LogP contribution in [0.3, 0.4) is 0 Å². The number of benzene rings is 3. The van der Waals surface area contributed by atoms with E-state index in [9.17, 15) is 26.4 Å². The van der Waals surface area contributed by atoms with Crippen molar-refractivity contribution in [1.29, 1.82) is 0 Å². The number of nitrogens with one attached hydrogen (secondary N) is 4. The van der Waals surface area contributed by atoms with Gasteiger partial charge < -0.3 is 34.5 Å². The Kier molecular flexibility index (Phi) is 18.4. The largest absolute Gasteiger partial charge is 0.378 e. The van der Waals surface area contributed by atoms with Gasteiger partial charge in [0, 0.05) is 66.4 Å². The maximum atomic E-state index is 13.1. The van der Waals surface area contributed by atoms with Crippen molar-refractivity contribution < 1.29 is 45.4 Å². The van der Waals surface area contributed by atoms with E-state index in [1.54, 1.807) is 48.5 Å². The Morgan fingerprint density at radius 1 is 0.714 bits per heavy atom. The van der Waals surface area contributed by atoms with Crippen LogP contribution in [0.4, 0.5) is 0 Å². The van der Waals surface area contributed by atoms with E-state index in [1.807, 2.05) is 19.2 Å². The molecule has 19 heteroatoms. The van der Waals surface area contributed by atoms with E-state index in [0.717, 1.165) is 22.9 Å². The number of carbonyl (C=O) groups excluding carboxylic acids is 2. The number of hydrogen-bond acceptors (Lipinski definition) is 11. The number of carbonyl (C=O) groups is 2. The minimum Gasteiger partial charge on any atom is -0.378 e. The van der Waals surface area contributed by atoms with E-state index in [4.69, 9.17) is 42.1 Å². The van der Waals surface area contributed by atoms with Gasteiger partial charge in [0.15, 0.2) is 0 Å². The predicted molar refractivity (Wildman–Crippen MR) is 214 cm³/mol. The fourth-order valence-electron chi connectivity index (χ4n) is 5.75. The fourth-order valence-corrected chi connectivity index (χ4v) is 7.85. The van der Waals surface area contributed by atoms with Crippen molar-refractivity contribution in [3.8, 4) is 0 Å². The second-order valence-electron chi connectivity index (χ2n) is 12.9. The molecule has 0 saturated heterocycles. The third kappa shape index (κ3) is 15.3. The van der Waals surface area contributed by atoms with E-state index >= 15 is 0 Å². The summed E-state index contributed by atoms with van der Waals surface area (Å²) in [5, 5.41) is 6.61. The zero-order valence-electron chi connectivity index (χ0n) is 31.4. The number of halogens is 2. The zero-order valence-corrected chi connectivity index (χ0v) is 34.5. The molecule has 0 aliphatic carbocycles. The zero-order chi connectivity index (χ0) is 40.6. The summed E-state index contributed by atoms with van der Waals surface area (Å²) in [4.78, 5) is 27.2. The monoisotopic (exact) mass is 857 g/mol. The van der Waals surface area contributed by atoms with Gasteiger partial charge in [-0.1, -0.05) is 35.3 Å². The predicted octanol–water partition coefficient (Wildman–Crippen LogP) is 2.62. The first-order valence-electron chi connectivity index (χ1n) is 17.9. The van der Waals surface area contributed by atoms with Crippen LogP contribution in [-0.4, -0.2) is 132 Å². The molecule has 3 aromatic carbocycles. The van der Waals surface area contributed by atoms with Crippen LogP contribution in [0.2, 0.25) is 10.0 Å². The Morgan fingerprint density at radius 3 is 1.77 bits per heavy atom. The fraction of sp³-hybridized carbons (Fsp3) is 0.459. The standard InChI is InChI=1S/C37H49Cl2N5O10S2/c1-44-25-33(32-23-30(38)24-35(39)34(32)26-44)29-4-3-5-31(22-29)56(49,50)43-13-17-54-21-19-52-15-11-41-37(46)28-8-6-27(7-9-28)36(45)40-10-14-51-18-20-53-16-12-42-55(2,47)48/h3-9,22-24,33,42-43H,10-21,25-26H2,1-2H3,(H,40,45)(H,41,46). The smallest absolute Gasteiger partial charge is 0.251 e. The van der Waals surface area contributed by atoms with Crippen LogP contribution < -0.4 is 20.1 Å². The molecule has 3 aromatic rings. The number of nitrogens with zero attached hydrogens (tertiary/aromatic N) is 1. The van der Waals surface area contributed by atoms with Crippen LogP contribution in [-0.2, 0) is 45.5 Å². The van der Waals surface area contributed by atoms with E-state index in [2.05, 4.69) is 25.0 Å². The molecule has 0 spiro atoms. The molecule has 56 heavy (non-hydrogen) atoms. The molecule has 1 aliphatic heterocycles. The highest BCUT2D eigenvalue weighted by atomic mass is 35.5. The van der Waals surface area contributed by atoms with Gasteiger partial charge in [-0.15, -0.1) is 0 Å². The first kappa shape index (κ1) is 45.5. The molecule has 15 nitrogen and oxygen atoms in total. The van der Waals surface area contributed by atoms with Crippen molar-refractivity contribution in [2.24, 2.45) is 0 Å². The maximum Gasteiger partial charge on any atom is 0.251 e. The summed E-state index contributed by atoms with van der Waals surface area (Å²) >= 11 is 12.8. The second kappa shape index (κ2) is 22.7. The van der Waals surface area contributed by atoms with Gasteiger partial charge in [0.1, 0.15) is 0 Å². The summed E-state index contributed by atoms with van der Waals surface area (Å²) < 4.78 is 74.7. The molecule has 4 N–H and O–H groups in total. The first-order chi connectivity index (χ1) is 26.7. The molecule has 0 radical (unpaired) electrons. The average Bonchev–Trinajstić information content (AvgIpc) is 3.15. The summed E-state index contributed by atoms with van der Waals surface area (Å²) in [6.07, 6.45) is 1.07. The summed E-state index contributed by atoms with van der Waals surface area (Å²) in [6, 6.07) is 16.7. The lowest BCUT2D eigenvalue weighted by Crippen LogP contribution is -2.31. The van der Waals surface area contributed by atoms with Gasteiger partial charge >= 0.3 is 0 Å². The molecule has 4 rings (SSSR count). The van der Waals surface area contributed by atoms with Gasteiger partial charge in [0.05, 0.1) is 64.0 Å². The summed E-state index contributed by atoms with van der Waals surface area (Å²) in [5.74, 6) is -0.722. The van der Waals surface area contributed by atoms with Crippen LogP contribution in [0.1, 0.15) is 43.3 Å². The van der Waals surface area contributed by atoms with Gasteiger partial charge in [0.2, 0.25) is 20.0 Å². The highest BCUT2D eigenvalue weighted by Crippen LogP contribution is 2.38. The molecule has 308 valence electrons. The van der Waals surface area contributed by atoms with Gasteiger partial charge in [-0.2, -0.15) is 0 Å². The minimum atomic E-state index is -3.79. The number of sulfonamides is 2. The molecule has 1 unspecified atom stereocenters. The molecule has 0 fully saturated rings. The van der Waals surface area contributed by atoms with Crippen molar-refractivity contribution >= 4 is 55.1 Å². The topological polar surface area (TPSA) is 191 Å². The molecular formula is C37H49Cl2N5O10S2. The lowest BCUT2D eigenvalue weighted by atomic mass is 9.85. The number of likely N-dealkylation sites (N-methyl/N-ethyl adjacent to an activating group) is 1. The van der Waals surface area contributed by atoms with Gasteiger partial charge in [-0.25, -0.2) is 26.3 Å². The molecule has 1 heterocycles. The molecule has 0 bridgehead atoms. The van der Waals surface area contributed by atoms with Crippen molar-refractivity contribution in [3.63, 3.8) is 0 Å². The van der Waals surface area contributed by atoms with E-state index < -0.39 is 20.0 Å². The number of ether oxygens (including phenoxy) is 4. The SMILES string of the molecule is CN1Cc2c(Cl)cc(Cl)cc2C(c2cccc(S(=O)(=O)NCCOCCOCCNC(=O)c3ccc(C(=O)NCCOCCOCCNS(C)(=O)=O)cc3)c2)C1. The average molecular weight is 859 g/mol. The van der Waals surface area contributed by atoms with Crippen molar-refractivity contribution in [1.82, 2.24) is 25.0 Å². The quantitative estimate of drug-likeness (QED) is 0.0970. The Morgan fingerprint density at radius 2 is 1.23 bits per heavy atom. The third-order valence-electron chi connectivity index (χ3n) is 8.43. The van der Waals surface area contributed by atoms with Crippen molar-refractivity contribution in [2.75, 3.05) is 98.9 Å². The van der Waals surface area contributed by atoms with Crippen LogP contribution in [0.25, 0.3) is 0 Å². The van der Waals surface area contributed by atoms with Crippen LogP contribution in [0.5, 0.6) is 0 Å². The number of fused-ring (bicyclic) bond motifs is 1. The Bertz CT molecular complexity index is 1970. The summed E-state index contributed by atoms with van der Waals surface area (Å²) in [7, 11) is -5.03. The molecule has 2 amide bonds. The number of amides is 2. The van der Waals surface area contributed by atoms with Gasteiger partial charge in [0.25, 0.3) is 11.8 Å². The first-order valence-corrected chi connectivity index (χ1v) is 22.0. The lowest BCUT2D eigenvalue weighted by Gasteiger charge is -2.33. The normalized spacial score (nSPS) is 14.7. The van der Waals surface area contributed by atoms with Gasteiger partial charge in [-0.3, -0.25) is 9.59 Å². The Hall–Kier alpha value is -3.20. The third-order valence-corrected chi connectivity index (χ3v) is 11.2. The second-order valence-corrected chi connectivity index (χ2v) is 17.3. The van der Waals surface area contributed by atoms with E-state index in [1.165, 1.54) is 0 Å². The maximum absolute atomic E-state index is 13.1. The summed E-state index contributed by atoms with van der Waals surface area (Å²) in [6.45, 7) is 4.12. The van der Waals surface area contributed by atoms with Crippen LogP contribution in [0.15, 0.2) is 65.6 Å². The van der Waals surface area contributed by atoms with Crippen LogP contribution in [0, 0.1) is 0 Å². The highest BCUT2D eigenvalue weighted by Gasteiger charge is 2.28. The molecular weight excluding hydrogens is 809 g/mol. The van der Waals surface area contributed by atoms with E-state index in [-0.39, 0.29) is 88.4 Å². The molecule has 0 aromatic heterocycles. The number of hydrogen-bond donors (Lipinski definition) is 4. The Labute approximate surface area is 338 Å². The van der Waals surface area contributed by atoms with Crippen LogP contribution >= 0.6 is 23.2 Å². The summed E-state index contributed by atoms with van der Waals surface area (Å²) in [5.41, 5.74) is 3.61. The lowest BCUT2D eigenvalue weighted by molar-refractivity contribution is 0.0503. The van der Waals surface area contributed by atoms with E-state index in [0.29, 0.717) is 47.5 Å². The molecule has 1 aliphatic rings. The van der Waals surface area contributed by atoms with Crippen molar-refractivity contribution in [3.05, 3.63) is 98.5 Å². The minimum absolute atomic E-state index is 0.0743. The molecule has 0 saturated carbocycles. The number of rotatable bonds is 24. The molecule has 1 atom stereocenters. The van der Waals surface area contributed by atoms with Crippen molar-refractivity contribution in [2.45, 2.75) is 17.4 Å². The Balaban J connectivity index is 1.04.